The summed E-state index contributed by atoms with van der Waals surface area (Å²) in [5.74, 6) is 0.652. The highest BCUT2D eigenvalue weighted by Crippen LogP contribution is 2.16. The molecule has 0 spiro atoms. The first-order chi connectivity index (χ1) is 11.8. The summed E-state index contributed by atoms with van der Waals surface area (Å²) in [7, 11) is 0. The average molecular weight is 328 g/mol. The number of hydrogen-bond donors (Lipinski definition) is 2. The predicted octanol–water partition coefficient (Wildman–Crippen LogP) is 2.20. The van der Waals surface area contributed by atoms with Gasteiger partial charge in [-0.05, 0) is 44.1 Å². The molecule has 1 fully saturated rings. The van der Waals surface area contributed by atoms with E-state index in [9.17, 15) is 4.79 Å². The molecule has 0 saturated carbocycles. The highest BCUT2D eigenvalue weighted by molar-refractivity contribution is 5.92. The van der Waals surface area contributed by atoms with Gasteiger partial charge in [0.05, 0.1) is 5.69 Å². The van der Waals surface area contributed by atoms with Crippen LogP contribution < -0.4 is 10.1 Å². The Balaban J connectivity index is 1.48. The lowest BCUT2D eigenvalue weighted by Crippen LogP contribution is -2.40. The molecule has 1 atom stereocenters. The fraction of sp³-hybridized carbons (Fsp3) is 0.444. The topological polar surface area (TPSA) is 70.2 Å². The number of likely N-dealkylation sites (tertiary alicyclic amines) is 1. The zero-order chi connectivity index (χ0) is 16.8. The molecule has 1 saturated heterocycles. The molecule has 2 aromatic rings. The van der Waals surface area contributed by atoms with Crippen molar-refractivity contribution in [2.24, 2.45) is 0 Å². The molecule has 0 radical (unpaired) electrons. The minimum Gasteiger partial charge on any atom is -0.487 e. The smallest absolute Gasteiger partial charge is 0.271 e. The second-order valence-corrected chi connectivity index (χ2v) is 6.01. The van der Waals surface area contributed by atoms with Crippen LogP contribution in [0.25, 0.3) is 0 Å². The lowest BCUT2D eigenvalue weighted by molar-refractivity contribution is 0.0936. The summed E-state index contributed by atoms with van der Waals surface area (Å²) in [6, 6.07) is 11.8. The number of hydrogen-bond acceptors (Lipinski definition) is 4. The molecule has 0 aliphatic carbocycles. The van der Waals surface area contributed by atoms with E-state index in [4.69, 9.17) is 4.74 Å². The molecule has 2 N–H and O–H groups in total. The fourth-order valence-electron chi connectivity index (χ4n) is 3.07. The average Bonchev–Trinajstić information content (AvgIpc) is 3.27. The van der Waals surface area contributed by atoms with Crippen molar-refractivity contribution in [2.45, 2.75) is 32.4 Å². The number of nitrogens with one attached hydrogen (secondary N) is 2. The first kappa shape index (κ1) is 16.5. The minimum absolute atomic E-state index is 0.139. The van der Waals surface area contributed by atoms with Crippen molar-refractivity contribution >= 4 is 5.91 Å². The van der Waals surface area contributed by atoms with Crippen LogP contribution in [-0.4, -0.2) is 46.7 Å². The van der Waals surface area contributed by atoms with Crippen molar-refractivity contribution < 1.29 is 9.53 Å². The lowest BCUT2D eigenvalue weighted by Gasteiger charge is -2.22. The van der Waals surface area contributed by atoms with E-state index >= 15 is 0 Å². The summed E-state index contributed by atoms with van der Waals surface area (Å²) in [4.78, 5) is 14.6. The van der Waals surface area contributed by atoms with Crippen LogP contribution in [0.1, 0.15) is 35.9 Å². The minimum atomic E-state index is -0.139. The first-order valence-electron chi connectivity index (χ1n) is 8.50. The van der Waals surface area contributed by atoms with Gasteiger partial charge in [-0.1, -0.05) is 25.1 Å². The number of H-pyrrole nitrogens is 1. The number of nitrogens with zero attached hydrogens (tertiary/aromatic N) is 2. The lowest BCUT2D eigenvalue weighted by atomic mass is 10.2. The highest BCUT2D eigenvalue weighted by Gasteiger charge is 2.23. The monoisotopic (exact) mass is 328 g/mol. The van der Waals surface area contributed by atoms with Gasteiger partial charge in [-0.2, -0.15) is 5.10 Å². The Bertz CT molecular complexity index is 656. The molecule has 1 aromatic heterocycles. The zero-order valence-electron chi connectivity index (χ0n) is 14.0. The third kappa shape index (κ3) is 4.14. The number of ether oxygens (including phenoxy) is 1. The van der Waals surface area contributed by atoms with Crippen LogP contribution in [0.4, 0.5) is 0 Å². The maximum atomic E-state index is 12.2. The van der Waals surface area contributed by atoms with Gasteiger partial charge >= 0.3 is 0 Å². The van der Waals surface area contributed by atoms with Gasteiger partial charge < -0.3 is 10.1 Å². The Morgan fingerprint density at radius 1 is 1.42 bits per heavy atom. The van der Waals surface area contributed by atoms with Crippen LogP contribution in [0.2, 0.25) is 0 Å². The van der Waals surface area contributed by atoms with Crippen molar-refractivity contribution in [2.75, 3.05) is 19.6 Å². The molecule has 1 aliphatic rings. The molecule has 0 bridgehead atoms. The van der Waals surface area contributed by atoms with Gasteiger partial charge in [0.2, 0.25) is 0 Å². The molecular weight excluding hydrogens is 304 g/mol. The predicted molar refractivity (Wildman–Crippen MR) is 92.0 cm³/mol. The third-order valence-electron chi connectivity index (χ3n) is 4.40. The van der Waals surface area contributed by atoms with Gasteiger partial charge in [0.25, 0.3) is 5.91 Å². The van der Waals surface area contributed by atoms with Gasteiger partial charge in [0, 0.05) is 12.6 Å². The summed E-state index contributed by atoms with van der Waals surface area (Å²) in [6.45, 7) is 5.35. The van der Waals surface area contributed by atoms with Crippen molar-refractivity contribution in [1.82, 2.24) is 20.4 Å². The van der Waals surface area contributed by atoms with Crippen LogP contribution >= 0.6 is 0 Å². The molecule has 3 rings (SSSR count). The largest absolute Gasteiger partial charge is 0.487 e. The number of aromatic amines is 1. The number of para-hydroxylation sites is 1. The summed E-state index contributed by atoms with van der Waals surface area (Å²) >= 11 is 0. The van der Waals surface area contributed by atoms with E-state index in [1.807, 2.05) is 30.3 Å². The third-order valence-corrected chi connectivity index (χ3v) is 4.40. The second kappa shape index (κ2) is 7.97. The maximum Gasteiger partial charge on any atom is 0.271 e. The van der Waals surface area contributed by atoms with Crippen LogP contribution in [-0.2, 0) is 6.61 Å². The van der Waals surface area contributed by atoms with Crippen LogP contribution in [0.3, 0.4) is 0 Å². The van der Waals surface area contributed by atoms with Crippen molar-refractivity contribution in [3.63, 3.8) is 0 Å². The number of rotatable bonds is 7. The van der Waals surface area contributed by atoms with Gasteiger partial charge in [0.1, 0.15) is 18.1 Å². The quantitative estimate of drug-likeness (QED) is 0.817. The molecule has 2 heterocycles. The highest BCUT2D eigenvalue weighted by atomic mass is 16.5. The van der Waals surface area contributed by atoms with Gasteiger partial charge in [-0.25, -0.2) is 0 Å². The summed E-state index contributed by atoms with van der Waals surface area (Å²) in [5.41, 5.74) is 1.18. The number of amides is 1. The standard InChI is InChI=1S/C18H24N4O2/c1-2-22-10-6-7-15(22)12-19-18(23)17-11-14(20-21-17)13-24-16-8-4-3-5-9-16/h3-5,8-9,11,15H,2,6-7,10,12-13H2,1H3,(H,19,23)(H,20,21)/t15-/m1/s1. The fourth-order valence-corrected chi connectivity index (χ4v) is 3.07. The number of benzene rings is 1. The summed E-state index contributed by atoms with van der Waals surface area (Å²) < 4.78 is 5.65. The Hall–Kier alpha value is -2.34. The molecule has 1 amide bonds. The second-order valence-electron chi connectivity index (χ2n) is 6.01. The Morgan fingerprint density at radius 2 is 2.25 bits per heavy atom. The number of likely N-dealkylation sites (N-methyl/N-ethyl adjacent to an activating group) is 1. The summed E-state index contributed by atoms with van der Waals surface area (Å²) in [5, 5.41) is 9.93. The van der Waals surface area contributed by atoms with Crippen molar-refractivity contribution in [3.05, 3.63) is 47.8 Å². The van der Waals surface area contributed by atoms with E-state index in [0.717, 1.165) is 31.0 Å². The molecular formula is C18H24N4O2. The molecule has 128 valence electrons. The van der Waals surface area contributed by atoms with E-state index in [1.54, 1.807) is 6.07 Å². The molecule has 24 heavy (non-hydrogen) atoms. The van der Waals surface area contributed by atoms with E-state index in [-0.39, 0.29) is 5.91 Å². The molecule has 1 aromatic carbocycles. The van der Waals surface area contributed by atoms with E-state index < -0.39 is 0 Å². The summed E-state index contributed by atoms with van der Waals surface area (Å²) in [6.07, 6.45) is 2.35. The van der Waals surface area contributed by atoms with Gasteiger partial charge in [-0.3, -0.25) is 14.8 Å². The van der Waals surface area contributed by atoms with Crippen molar-refractivity contribution in [3.8, 4) is 5.75 Å². The molecule has 6 nitrogen and oxygen atoms in total. The van der Waals surface area contributed by atoms with Crippen LogP contribution in [0.15, 0.2) is 36.4 Å². The Kier molecular flexibility index (Phi) is 5.48. The van der Waals surface area contributed by atoms with Crippen molar-refractivity contribution in [1.29, 1.82) is 0 Å². The van der Waals surface area contributed by atoms with Gasteiger partial charge in [-0.15, -0.1) is 0 Å². The zero-order valence-corrected chi connectivity index (χ0v) is 14.0. The van der Waals surface area contributed by atoms with Crippen LogP contribution in [0, 0.1) is 0 Å². The van der Waals surface area contributed by atoms with Gasteiger partial charge in [0.15, 0.2) is 0 Å². The van der Waals surface area contributed by atoms with E-state index in [2.05, 4.69) is 27.3 Å². The van der Waals surface area contributed by atoms with E-state index in [1.165, 1.54) is 6.42 Å². The normalized spacial score (nSPS) is 17.8. The molecule has 1 aliphatic heterocycles. The number of carbonyl (C=O) groups excluding carboxylic acids is 1. The molecule has 0 unspecified atom stereocenters. The molecule has 6 heteroatoms. The Morgan fingerprint density at radius 3 is 3.04 bits per heavy atom. The maximum absolute atomic E-state index is 12.2. The van der Waals surface area contributed by atoms with Crippen LogP contribution in [0.5, 0.6) is 5.75 Å². The van der Waals surface area contributed by atoms with E-state index in [0.29, 0.717) is 24.9 Å². The Labute approximate surface area is 142 Å². The SMILES string of the molecule is CCN1CCC[C@@H]1CNC(=O)c1cc(COc2ccccc2)[nH]n1. The first-order valence-corrected chi connectivity index (χ1v) is 8.50. The number of aromatic nitrogens is 2. The number of carbonyl (C=O) groups is 1.